The van der Waals surface area contributed by atoms with E-state index in [0.717, 1.165) is 5.56 Å². The molecule has 1 aromatic carbocycles. The Kier molecular flexibility index (Phi) is 6.34. The van der Waals surface area contributed by atoms with Gasteiger partial charge in [-0.2, -0.15) is 17.0 Å². The first-order valence-corrected chi connectivity index (χ1v) is 9.30. The Morgan fingerprint density at radius 3 is 2.83 bits per heavy atom. The first-order valence-electron chi connectivity index (χ1n) is 7.91. The molecule has 1 atom stereocenters. The van der Waals surface area contributed by atoms with E-state index in [-0.39, 0.29) is 18.4 Å². The summed E-state index contributed by atoms with van der Waals surface area (Å²) in [6, 6.07) is 7.45. The van der Waals surface area contributed by atoms with Crippen LogP contribution in [0.3, 0.4) is 0 Å². The summed E-state index contributed by atoms with van der Waals surface area (Å²) in [5.74, 6) is -0.497. The van der Waals surface area contributed by atoms with Crippen LogP contribution in [0.4, 0.5) is 5.69 Å². The number of ether oxygens (including phenoxy) is 1. The van der Waals surface area contributed by atoms with Crippen LogP contribution >= 0.6 is 0 Å². The van der Waals surface area contributed by atoms with E-state index in [1.54, 1.807) is 7.11 Å². The van der Waals surface area contributed by atoms with Crippen molar-refractivity contribution < 1.29 is 17.9 Å². The fraction of sp³-hybridized carbons (Fsp3) is 0.562. The van der Waals surface area contributed by atoms with Crippen molar-refractivity contribution in [3.8, 4) is 0 Å². The predicted molar refractivity (Wildman–Crippen MR) is 92.7 cm³/mol. The standard InChI is InChI=1S/C16H25N3O4S/c1-18(2)24(21,22)19-9-5-7-14(11-19)16(20)17-15-8-4-6-13(10-15)12-23-3/h4,6,8,10,14H,5,7,9,11-12H2,1-3H3,(H,17,20). The van der Waals surface area contributed by atoms with Gasteiger partial charge in [0.15, 0.2) is 0 Å². The Morgan fingerprint density at radius 2 is 2.17 bits per heavy atom. The Hall–Kier alpha value is -1.48. The van der Waals surface area contributed by atoms with Crippen molar-refractivity contribution in [1.29, 1.82) is 0 Å². The molecule has 1 aliphatic rings. The van der Waals surface area contributed by atoms with Crippen molar-refractivity contribution in [3.63, 3.8) is 0 Å². The third kappa shape index (κ3) is 4.54. The van der Waals surface area contributed by atoms with E-state index in [9.17, 15) is 13.2 Å². The zero-order chi connectivity index (χ0) is 17.7. The molecule has 1 fully saturated rings. The van der Waals surface area contributed by atoms with Gasteiger partial charge in [-0.25, -0.2) is 0 Å². The number of nitrogens with zero attached hydrogens (tertiary/aromatic N) is 2. The van der Waals surface area contributed by atoms with E-state index in [2.05, 4.69) is 5.32 Å². The fourth-order valence-electron chi connectivity index (χ4n) is 2.75. The van der Waals surface area contributed by atoms with Gasteiger partial charge >= 0.3 is 0 Å². The number of benzene rings is 1. The molecule has 0 saturated carbocycles. The van der Waals surface area contributed by atoms with Gasteiger partial charge < -0.3 is 10.1 Å². The minimum absolute atomic E-state index is 0.150. The van der Waals surface area contributed by atoms with E-state index in [0.29, 0.717) is 31.7 Å². The van der Waals surface area contributed by atoms with Crippen molar-refractivity contribution >= 4 is 21.8 Å². The van der Waals surface area contributed by atoms with Gasteiger partial charge in [-0.3, -0.25) is 4.79 Å². The molecular weight excluding hydrogens is 330 g/mol. The molecule has 7 nitrogen and oxygen atoms in total. The molecule has 8 heteroatoms. The second-order valence-corrected chi connectivity index (χ2v) is 8.25. The second kappa shape index (κ2) is 8.06. The van der Waals surface area contributed by atoms with Crippen LogP contribution in [0.1, 0.15) is 18.4 Å². The van der Waals surface area contributed by atoms with Crippen LogP contribution in [-0.4, -0.2) is 57.2 Å². The topological polar surface area (TPSA) is 79.0 Å². The molecule has 1 N–H and O–H groups in total. The summed E-state index contributed by atoms with van der Waals surface area (Å²) < 4.78 is 32.1. The van der Waals surface area contributed by atoms with E-state index in [1.807, 2.05) is 24.3 Å². The molecule has 1 aromatic rings. The summed E-state index contributed by atoms with van der Waals surface area (Å²) >= 11 is 0. The second-order valence-electron chi connectivity index (χ2n) is 6.11. The number of anilines is 1. The molecular formula is C16H25N3O4S. The smallest absolute Gasteiger partial charge is 0.281 e. The van der Waals surface area contributed by atoms with Crippen LogP contribution in [0.25, 0.3) is 0 Å². The van der Waals surface area contributed by atoms with Gasteiger partial charge in [0, 0.05) is 40.0 Å². The summed E-state index contributed by atoms with van der Waals surface area (Å²) in [5.41, 5.74) is 1.66. The van der Waals surface area contributed by atoms with Gasteiger partial charge in [-0.05, 0) is 30.5 Å². The zero-order valence-electron chi connectivity index (χ0n) is 14.4. The average Bonchev–Trinajstić information content (AvgIpc) is 2.55. The third-order valence-electron chi connectivity index (χ3n) is 4.05. The Morgan fingerprint density at radius 1 is 1.42 bits per heavy atom. The maximum atomic E-state index is 12.5. The highest BCUT2D eigenvalue weighted by Gasteiger charge is 2.33. The van der Waals surface area contributed by atoms with Crippen LogP contribution in [0.2, 0.25) is 0 Å². The Labute approximate surface area is 143 Å². The maximum Gasteiger partial charge on any atom is 0.281 e. The van der Waals surface area contributed by atoms with E-state index in [4.69, 9.17) is 4.74 Å². The molecule has 0 aromatic heterocycles. The molecule has 2 rings (SSSR count). The Bertz CT molecular complexity index is 676. The first-order chi connectivity index (χ1) is 11.3. The SMILES string of the molecule is COCc1cccc(NC(=O)C2CCCN(S(=O)(=O)N(C)C)C2)c1. The minimum Gasteiger partial charge on any atom is -0.380 e. The van der Waals surface area contributed by atoms with Gasteiger partial charge in [0.2, 0.25) is 5.91 Å². The molecule has 0 radical (unpaired) electrons. The van der Waals surface area contributed by atoms with Crippen molar-refractivity contribution in [3.05, 3.63) is 29.8 Å². The summed E-state index contributed by atoms with van der Waals surface area (Å²) in [6.45, 7) is 1.14. The van der Waals surface area contributed by atoms with E-state index >= 15 is 0 Å². The van der Waals surface area contributed by atoms with E-state index in [1.165, 1.54) is 22.7 Å². The number of amides is 1. The molecule has 24 heavy (non-hydrogen) atoms. The highest BCUT2D eigenvalue weighted by atomic mass is 32.2. The molecule has 1 amide bonds. The molecule has 1 saturated heterocycles. The molecule has 0 bridgehead atoms. The van der Waals surface area contributed by atoms with Crippen molar-refractivity contribution in [2.45, 2.75) is 19.4 Å². The van der Waals surface area contributed by atoms with Crippen LogP contribution in [0, 0.1) is 5.92 Å². The average molecular weight is 355 g/mol. The van der Waals surface area contributed by atoms with Gasteiger partial charge in [-0.15, -0.1) is 0 Å². The monoisotopic (exact) mass is 355 g/mol. The van der Waals surface area contributed by atoms with Crippen molar-refractivity contribution in [2.75, 3.05) is 39.6 Å². The Balaban J connectivity index is 2.03. The lowest BCUT2D eigenvalue weighted by atomic mass is 9.98. The summed E-state index contributed by atoms with van der Waals surface area (Å²) in [5, 5.41) is 2.88. The normalized spacial score (nSPS) is 19.4. The number of nitrogens with one attached hydrogen (secondary N) is 1. The highest BCUT2D eigenvalue weighted by Crippen LogP contribution is 2.22. The fourth-order valence-corrected chi connectivity index (χ4v) is 3.94. The number of carbonyl (C=O) groups is 1. The van der Waals surface area contributed by atoms with Crippen LogP contribution in [-0.2, 0) is 26.3 Å². The van der Waals surface area contributed by atoms with E-state index < -0.39 is 10.2 Å². The number of methoxy groups -OCH3 is 1. The molecule has 1 unspecified atom stereocenters. The van der Waals surface area contributed by atoms with Crippen molar-refractivity contribution in [1.82, 2.24) is 8.61 Å². The summed E-state index contributed by atoms with van der Waals surface area (Å²) in [6.07, 6.45) is 1.36. The van der Waals surface area contributed by atoms with Crippen molar-refractivity contribution in [2.24, 2.45) is 5.92 Å². The molecule has 134 valence electrons. The molecule has 1 heterocycles. The van der Waals surface area contributed by atoms with Crippen LogP contribution in [0.5, 0.6) is 0 Å². The molecule has 0 spiro atoms. The number of carbonyl (C=O) groups excluding carboxylic acids is 1. The number of rotatable bonds is 6. The lowest BCUT2D eigenvalue weighted by Crippen LogP contribution is -2.47. The lowest BCUT2D eigenvalue weighted by Gasteiger charge is -2.32. The highest BCUT2D eigenvalue weighted by molar-refractivity contribution is 7.86. The van der Waals surface area contributed by atoms with Gasteiger partial charge in [0.05, 0.1) is 12.5 Å². The summed E-state index contributed by atoms with van der Waals surface area (Å²) in [7, 11) is 1.14. The largest absolute Gasteiger partial charge is 0.380 e. The van der Waals surface area contributed by atoms with Crippen LogP contribution in [0.15, 0.2) is 24.3 Å². The first kappa shape index (κ1) is 18.9. The molecule has 1 aliphatic heterocycles. The van der Waals surface area contributed by atoms with Crippen LogP contribution < -0.4 is 5.32 Å². The molecule has 0 aliphatic carbocycles. The predicted octanol–water partition coefficient (Wildman–Crippen LogP) is 1.29. The summed E-state index contributed by atoms with van der Waals surface area (Å²) in [4.78, 5) is 12.5. The van der Waals surface area contributed by atoms with Gasteiger partial charge in [0.1, 0.15) is 0 Å². The number of piperidine rings is 1. The van der Waals surface area contributed by atoms with Gasteiger partial charge in [-0.1, -0.05) is 12.1 Å². The third-order valence-corrected chi connectivity index (χ3v) is 5.96. The minimum atomic E-state index is -3.48. The number of hydrogen-bond donors (Lipinski definition) is 1. The lowest BCUT2D eigenvalue weighted by molar-refractivity contribution is -0.120. The quantitative estimate of drug-likeness (QED) is 0.834. The zero-order valence-corrected chi connectivity index (χ0v) is 15.2. The number of hydrogen-bond acceptors (Lipinski definition) is 4. The maximum absolute atomic E-state index is 12.5. The van der Waals surface area contributed by atoms with Gasteiger partial charge in [0.25, 0.3) is 10.2 Å².